The smallest absolute Gasteiger partial charge is 0.256 e. The Bertz CT molecular complexity index is 1180. The molecule has 2 fully saturated rings. The van der Waals surface area contributed by atoms with Crippen LogP contribution in [0.15, 0.2) is 42.5 Å². The van der Waals surface area contributed by atoms with Gasteiger partial charge in [-0.05, 0) is 42.7 Å². The van der Waals surface area contributed by atoms with E-state index in [9.17, 15) is 14.7 Å². The van der Waals surface area contributed by atoms with E-state index in [-0.39, 0.29) is 36.8 Å². The number of halogens is 1. The van der Waals surface area contributed by atoms with Crippen LogP contribution in [0.4, 0.5) is 5.69 Å². The van der Waals surface area contributed by atoms with E-state index in [1.165, 1.54) is 11.1 Å². The van der Waals surface area contributed by atoms with E-state index in [2.05, 4.69) is 29.3 Å². The molecule has 2 aromatic rings. The number of β-amino-alcohol motifs (C(OH)–C–C–N with tert-alkyl or cyclic N) is 1. The molecule has 0 aliphatic carbocycles. The number of anilines is 1. The maximum atomic E-state index is 13.6. The Morgan fingerprint density at radius 2 is 1.79 bits per heavy atom. The Balaban J connectivity index is 0.00000294. The van der Waals surface area contributed by atoms with Crippen LogP contribution >= 0.6 is 12.4 Å². The summed E-state index contributed by atoms with van der Waals surface area (Å²) in [6, 6.07) is 13.7. The molecular weight excluding hydrogens is 504 g/mol. The molecule has 6 rings (SSSR count). The van der Waals surface area contributed by atoms with Crippen molar-refractivity contribution in [3.63, 3.8) is 0 Å². The fraction of sp³-hybridized carbons (Fsp3) is 0.517. The maximum Gasteiger partial charge on any atom is 0.256 e. The second-order valence-corrected chi connectivity index (χ2v) is 10.9. The van der Waals surface area contributed by atoms with Gasteiger partial charge in [-0.15, -0.1) is 12.4 Å². The number of aliphatic hydroxyl groups excluding tert-OH is 1. The van der Waals surface area contributed by atoms with E-state index in [1.807, 2.05) is 23.1 Å². The Morgan fingerprint density at radius 1 is 1.08 bits per heavy atom. The van der Waals surface area contributed by atoms with Crippen LogP contribution in [0.3, 0.4) is 0 Å². The van der Waals surface area contributed by atoms with Crippen LogP contribution in [0.5, 0.6) is 0 Å². The summed E-state index contributed by atoms with van der Waals surface area (Å²) >= 11 is 0. The van der Waals surface area contributed by atoms with Crippen molar-refractivity contribution in [1.29, 1.82) is 0 Å². The molecule has 204 valence electrons. The molecule has 9 heteroatoms. The summed E-state index contributed by atoms with van der Waals surface area (Å²) in [4.78, 5) is 32.8. The maximum absolute atomic E-state index is 13.6. The number of hydrogen-bond donors (Lipinski definition) is 2. The lowest BCUT2D eigenvalue weighted by Crippen LogP contribution is -2.50. The number of nitrogens with one attached hydrogen (secondary N) is 1. The van der Waals surface area contributed by atoms with Crippen LogP contribution in [0.2, 0.25) is 0 Å². The van der Waals surface area contributed by atoms with Gasteiger partial charge in [0.2, 0.25) is 0 Å². The van der Waals surface area contributed by atoms with Crippen molar-refractivity contribution >= 4 is 29.9 Å². The topological polar surface area (TPSA) is 85.3 Å². The number of fused-ring (bicyclic) bond motifs is 3. The molecular formula is C29H37ClN4O4. The van der Waals surface area contributed by atoms with Crippen molar-refractivity contribution < 1.29 is 19.4 Å². The first-order valence-electron chi connectivity index (χ1n) is 13.5. The number of likely N-dealkylation sites (N-methyl/N-ethyl adjacent to an activating group) is 1. The molecule has 0 aromatic heterocycles. The predicted octanol–water partition coefficient (Wildman–Crippen LogP) is 2.18. The first kappa shape index (κ1) is 26.9. The van der Waals surface area contributed by atoms with Gasteiger partial charge >= 0.3 is 0 Å². The van der Waals surface area contributed by atoms with Crippen LogP contribution in [0.25, 0.3) is 0 Å². The van der Waals surface area contributed by atoms with E-state index in [1.54, 1.807) is 17.0 Å². The van der Waals surface area contributed by atoms with Gasteiger partial charge in [-0.2, -0.15) is 0 Å². The van der Waals surface area contributed by atoms with Gasteiger partial charge < -0.3 is 29.9 Å². The van der Waals surface area contributed by atoms with Gasteiger partial charge in [0.25, 0.3) is 11.8 Å². The van der Waals surface area contributed by atoms with Crippen molar-refractivity contribution in [3.8, 4) is 0 Å². The summed E-state index contributed by atoms with van der Waals surface area (Å²) in [6.45, 7) is 7.94. The Hall–Kier alpha value is -2.65. The van der Waals surface area contributed by atoms with Gasteiger partial charge in [0.1, 0.15) is 0 Å². The molecule has 4 atom stereocenters. The van der Waals surface area contributed by atoms with Gasteiger partial charge in [0.15, 0.2) is 0 Å². The van der Waals surface area contributed by atoms with Crippen molar-refractivity contribution in [1.82, 2.24) is 15.1 Å². The quantitative estimate of drug-likeness (QED) is 0.605. The molecule has 4 heterocycles. The van der Waals surface area contributed by atoms with Gasteiger partial charge in [-0.1, -0.05) is 24.3 Å². The average molecular weight is 541 g/mol. The molecule has 2 saturated heterocycles. The predicted molar refractivity (Wildman–Crippen MR) is 148 cm³/mol. The second kappa shape index (κ2) is 11.2. The standard InChI is InChI=1S/C29H36N4O4.ClH/c1-2-31-9-10-32(16-27(34)25-11-19-5-3-4-6-21(19)13-30-25)29(36)24-8-7-20(12-26(24)31)28(35)33-14-22-17-37-18-23(22)15-33;/h3-8,12,22-23,25,27,30,34H,2,9-11,13-18H2,1H3;1H/t22?,23?,25-,27?;/m0./s1. The van der Waals surface area contributed by atoms with Crippen molar-refractivity contribution in [2.24, 2.45) is 11.8 Å². The minimum absolute atomic E-state index is 0. The van der Waals surface area contributed by atoms with Crippen LogP contribution in [0.1, 0.15) is 38.8 Å². The summed E-state index contributed by atoms with van der Waals surface area (Å²) in [5, 5.41) is 14.6. The monoisotopic (exact) mass is 540 g/mol. The minimum Gasteiger partial charge on any atom is -0.390 e. The van der Waals surface area contributed by atoms with Crippen molar-refractivity contribution in [3.05, 3.63) is 64.7 Å². The molecule has 2 amide bonds. The molecule has 0 bridgehead atoms. The summed E-state index contributed by atoms with van der Waals surface area (Å²) in [5.74, 6) is 0.810. The molecule has 38 heavy (non-hydrogen) atoms. The fourth-order valence-corrected chi connectivity index (χ4v) is 6.38. The zero-order valence-corrected chi connectivity index (χ0v) is 22.7. The number of aliphatic hydroxyl groups is 1. The molecule has 4 aliphatic heterocycles. The normalized spacial score (nSPS) is 25.3. The van der Waals surface area contributed by atoms with Gasteiger partial charge in [-0.3, -0.25) is 9.59 Å². The minimum atomic E-state index is -0.673. The second-order valence-electron chi connectivity index (χ2n) is 10.9. The zero-order chi connectivity index (χ0) is 25.5. The van der Waals surface area contributed by atoms with E-state index in [0.29, 0.717) is 36.1 Å². The number of amides is 2. The molecule has 4 aliphatic rings. The number of rotatable bonds is 5. The van der Waals surface area contributed by atoms with E-state index in [4.69, 9.17) is 4.74 Å². The summed E-state index contributed by atoms with van der Waals surface area (Å²) < 4.78 is 5.56. The number of carbonyl (C=O) groups excluding carboxylic acids is 2. The molecule has 0 spiro atoms. The number of likely N-dealkylation sites (tertiary alicyclic amines) is 1. The molecule has 0 radical (unpaired) electrons. The van der Waals surface area contributed by atoms with Crippen LogP contribution in [-0.2, 0) is 17.7 Å². The SMILES string of the molecule is CCN1CCN(CC(O)[C@@H]2Cc3ccccc3CN2)C(=O)c2ccc(C(=O)N3CC4COCC4C3)cc21.Cl. The molecule has 2 N–H and O–H groups in total. The number of carbonyl (C=O) groups is 2. The fourth-order valence-electron chi connectivity index (χ4n) is 6.38. The van der Waals surface area contributed by atoms with Crippen LogP contribution in [0, 0.1) is 11.8 Å². The third-order valence-electron chi connectivity index (χ3n) is 8.64. The van der Waals surface area contributed by atoms with Crippen LogP contribution in [-0.4, -0.2) is 91.3 Å². The lowest BCUT2D eigenvalue weighted by molar-refractivity contribution is 0.0540. The molecule has 2 aromatic carbocycles. The third-order valence-corrected chi connectivity index (χ3v) is 8.64. The summed E-state index contributed by atoms with van der Waals surface area (Å²) in [5.41, 5.74) is 4.55. The Morgan fingerprint density at radius 3 is 2.53 bits per heavy atom. The largest absolute Gasteiger partial charge is 0.390 e. The van der Waals surface area contributed by atoms with Gasteiger partial charge in [-0.25, -0.2) is 0 Å². The van der Waals surface area contributed by atoms with E-state index in [0.717, 1.165) is 51.5 Å². The Kier molecular flexibility index (Phi) is 7.95. The van der Waals surface area contributed by atoms with Crippen molar-refractivity contribution in [2.75, 3.05) is 57.4 Å². The molecule has 0 saturated carbocycles. The van der Waals surface area contributed by atoms with E-state index < -0.39 is 6.10 Å². The number of benzene rings is 2. The summed E-state index contributed by atoms with van der Waals surface area (Å²) in [6.07, 6.45) is 0.0701. The average Bonchev–Trinajstić information content (AvgIpc) is 3.51. The van der Waals surface area contributed by atoms with Crippen molar-refractivity contribution in [2.45, 2.75) is 32.0 Å². The third kappa shape index (κ3) is 5.02. The first-order valence-corrected chi connectivity index (χ1v) is 13.5. The highest BCUT2D eigenvalue weighted by Crippen LogP contribution is 2.32. The zero-order valence-electron chi connectivity index (χ0n) is 21.8. The van der Waals surface area contributed by atoms with Gasteiger partial charge in [0, 0.05) is 69.3 Å². The lowest BCUT2D eigenvalue weighted by Gasteiger charge is -2.33. The highest BCUT2D eigenvalue weighted by Gasteiger charge is 2.39. The highest BCUT2D eigenvalue weighted by atomic mass is 35.5. The number of nitrogens with zero attached hydrogens (tertiary/aromatic N) is 3. The Labute approximate surface area is 230 Å². The highest BCUT2D eigenvalue weighted by molar-refractivity contribution is 6.03. The molecule has 3 unspecified atom stereocenters. The first-order chi connectivity index (χ1) is 18.0. The van der Waals surface area contributed by atoms with Gasteiger partial charge in [0.05, 0.1) is 30.6 Å². The number of hydrogen-bond acceptors (Lipinski definition) is 6. The molecule has 8 nitrogen and oxygen atoms in total. The summed E-state index contributed by atoms with van der Waals surface area (Å²) in [7, 11) is 0. The number of ether oxygens (including phenoxy) is 1. The lowest BCUT2D eigenvalue weighted by atomic mass is 9.92. The van der Waals surface area contributed by atoms with Crippen LogP contribution < -0.4 is 10.2 Å². The van der Waals surface area contributed by atoms with E-state index >= 15 is 0 Å².